The molecule has 0 fully saturated rings. The Kier molecular flexibility index (Phi) is 4.70. The SMILES string of the molecule is NC/C=C(/F)COc1ccccc1-c1ccccc1. The van der Waals surface area contributed by atoms with Gasteiger partial charge in [0.2, 0.25) is 0 Å². The van der Waals surface area contributed by atoms with E-state index in [-0.39, 0.29) is 19.0 Å². The van der Waals surface area contributed by atoms with Gasteiger partial charge in [-0.3, -0.25) is 0 Å². The lowest BCUT2D eigenvalue weighted by Crippen LogP contribution is -2.02. The van der Waals surface area contributed by atoms with Gasteiger partial charge in [-0.2, -0.15) is 0 Å². The van der Waals surface area contributed by atoms with E-state index in [1.807, 2.05) is 54.6 Å². The van der Waals surface area contributed by atoms with Crippen LogP contribution in [-0.4, -0.2) is 13.2 Å². The molecule has 0 heterocycles. The number of para-hydroxylation sites is 1. The van der Waals surface area contributed by atoms with Crippen LogP contribution in [0.3, 0.4) is 0 Å². The summed E-state index contributed by atoms with van der Waals surface area (Å²) in [5, 5.41) is 0. The molecule has 2 aromatic carbocycles. The van der Waals surface area contributed by atoms with Gasteiger partial charge >= 0.3 is 0 Å². The van der Waals surface area contributed by atoms with Crippen LogP contribution < -0.4 is 10.5 Å². The topological polar surface area (TPSA) is 35.2 Å². The van der Waals surface area contributed by atoms with Crippen LogP contribution in [0.1, 0.15) is 0 Å². The van der Waals surface area contributed by atoms with E-state index in [2.05, 4.69) is 0 Å². The molecule has 3 heteroatoms. The molecular formula is C16H16FNO. The third-order valence-electron chi connectivity index (χ3n) is 2.68. The maximum absolute atomic E-state index is 13.3. The first-order valence-electron chi connectivity index (χ1n) is 6.13. The van der Waals surface area contributed by atoms with Crippen molar-refractivity contribution in [1.29, 1.82) is 0 Å². The third-order valence-corrected chi connectivity index (χ3v) is 2.68. The average Bonchev–Trinajstić information content (AvgIpc) is 2.47. The van der Waals surface area contributed by atoms with Gasteiger partial charge in [0.15, 0.2) is 0 Å². The zero-order valence-corrected chi connectivity index (χ0v) is 10.6. The number of benzene rings is 2. The predicted octanol–water partition coefficient (Wildman–Crippen LogP) is 3.54. The van der Waals surface area contributed by atoms with Crippen LogP contribution >= 0.6 is 0 Å². The largest absolute Gasteiger partial charge is 0.486 e. The molecule has 2 rings (SSSR count). The molecule has 19 heavy (non-hydrogen) atoms. The van der Waals surface area contributed by atoms with Crippen LogP contribution in [0.25, 0.3) is 11.1 Å². The first kappa shape index (κ1) is 13.3. The molecule has 2 aromatic rings. The number of rotatable bonds is 5. The lowest BCUT2D eigenvalue weighted by atomic mass is 10.1. The highest BCUT2D eigenvalue weighted by Crippen LogP contribution is 2.29. The van der Waals surface area contributed by atoms with Crippen LogP contribution in [0.4, 0.5) is 4.39 Å². The van der Waals surface area contributed by atoms with Crippen LogP contribution in [-0.2, 0) is 0 Å². The Bertz CT molecular complexity index is 552. The minimum atomic E-state index is -0.356. The van der Waals surface area contributed by atoms with Gasteiger partial charge in [-0.25, -0.2) is 4.39 Å². The van der Waals surface area contributed by atoms with Gasteiger partial charge in [-0.15, -0.1) is 0 Å². The van der Waals surface area contributed by atoms with E-state index >= 15 is 0 Å². The molecule has 0 atom stereocenters. The van der Waals surface area contributed by atoms with Crippen LogP contribution in [0.15, 0.2) is 66.5 Å². The van der Waals surface area contributed by atoms with Crippen LogP contribution in [0, 0.1) is 0 Å². The van der Waals surface area contributed by atoms with E-state index in [0.29, 0.717) is 5.75 Å². The highest BCUT2D eigenvalue weighted by atomic mass is 19.1. The van der Waals surface area contributed by atoms with E-state index in [1.165, 1.54) is 6.08 Å². The van der Waals surface area contributed by atoms with Crippen molar-refractivity contribution in [3.63, 3.8) is 0 Å². The molecule has 0 spiro atoms. The number of hydrogen-bond acceptors (Lipinski definition) is 2. The number of ether oxygens (including phenoxy) is 1. The van der Waals surface area contributed by atoms with Gasteiger partial charge in [0, 0.05) is 12.1 Å². The molecular weight excluding hydrogens is 241 g/mol. The van der Waals surface area contributed by atoms with Crippen molar-refractivity contribution in [3.8, 4) is 16.9 Å². The second kappa shape index (κ2) is 6.71. The molecule has 0 bridgehead atoms. The normalized spacial score (nSPS) is 11.4. The lowest BCUT2D eigenvalue weighted by Gasteiger charge is -2.10. The smallest absolute Gasteiger partial charge is 0.139 e. The van der Waals surface area contributed by atoms with Gasteiger partial charge in [0.05, 0.1) is 0 Å². The van der Waals surface area contributed by atoms with Gasteiger partial charge in [0.1, 0.15) is 18.2 Å². The molecule has 0 saturated heterocycles. The van der Waals surface area contributed by atoms with Crippen molar-refractivity contribution in [3.05, 3.63) is 66.5 Å². The molecule has 0 aliphatic heterocycles. The standard InChI is InChI=1S/C16H16FNO/c17-14(10-11-18)12-19-16-9-5-4-8-15(16)13-6-2-1-3-7-13/h1-10H,11-12,18H2/b14-10+. The summed E-state index contributed by atoms with van der Waals surface area (Å²) < 4.78 is 18.8. The summed E-state index contributed by atoms with van der Waals surface area (Å²) in [6.45, 7) is 0.0799. The van der Waals surface area contributed by atoms with Gasteiger partial charge in [0.25, 0.3) is 0 Å². The first-order valence-corrected chi connectivity index (χ1v) is 6.13. The molecule has 0 radical (unpaired) electrons. The summed E-state index contributed by atoms with van der Waals surface area (Å²) >= 11 is 0. The average molecular weight is 257 g/mol. The summed E-state index contributed by atoms with van der Waals surface area (Å²) in [4.78, 5) is 0. The van der Waals surface area contributed by atoms with Gasteiger partial charge in [-0.05, 0) is 17.7 Å². The Balaban J connectivity index is 2.20. The molecule has 0 amide bonds. The van der Waals surface area contributed by atoms with E-state index < -0.39 is 0 Å². The van der Waals surface area contributed by atoms with Crippen LogP contribution in [0.5, 0.6) is 5.75 Å². The molecule has 0 aliphatic rings. The summed E-state index contributed by atoms with van der Waals surface area (Å²) in [5.41, 5.74) is 7.24. The molecule has 98 valence electrons. The minimum Gasteiger partial charge on any atom is -0.486 e. The monoisotopic (exact) mass is 257 g/mol. The van der Waals surface area contributed by atoms with Crippen LogP contribution in [0.2, 0.25) is 0 Å². The highest BCUT2D eigenvalue weighted by molar-refractivity contribution is 5.70. The van der Waals surface area contributed by atoms with Crippen molar-refractivity contribution < 1.29 is 9.13 Å². The van der Waals surface area contributed by atoms with Crippen molar-refractivity contribution in [2.75, 3.05) is 13.2 Å². The first-order chi connectivity index (χ1) is 9.31. The van der Waals surface area contributed by atoms with Gasteiger partial charge < -0.3 is 10.5 Å². The van der Waals surface area contributed by atoms with Crippen molar-refractivity contribution in [2.24, 2.45) is 5.73 Å². The fourth-order valence-electron chi connectivity index (χ4n) is 1.78. The molecule has 0 saturated carbocycles. The Morgan fingerprint density at radius 2 is 1.74 bits per heavy atom. The lowest BCUT2D eigenvalue weighted by molar-refractivity contribution is 0.319. The molecule has 2 N–H and O–H groups in total. The Labute approximate surface area is 112 Å². The molecule has 2 nitrogen and oxygen atoms in total. The van der Waals surface area contributed by atoms with E-state index in [0.717, 1.165) is 11.1 Å². The Morgan fingerprint density at radius 3 is 2.47 bits per heavy atom. The maximum Gasteiger partial charge on any atom is 0.139 e. The summed E-state index contributed by atoms with van der Waals surface area (Å²) in [7, 11) is 0. The third kappa shape index (κ3) is 3.66. The van der Waals surface area contributed by atoms with Crippen molar-refractivity contribution >= 4 is 0 Å². The fourth-order valence-corrected chi connectivity index (χ4v) is 1.78. The zero-order chi connectivity index (χ0) is 13.5. The predicted molar refractivity (Wildman–Crippen MR) is 75.6 cm³/mol. The second-order valence-corrected chi connectivity index (χ2v) is 4.04. The zero-order valence-electron chi connectivity index (χ0n) is 10.6. The van der Waals surface area contributed by atoms with Crippen molar-refractivity contribution in [1.82, 2.24) is 0 Å². The number of hydrogen-bond donors (Lipinski definition) is 1. The fraction of sp³-hybridized carbons (Fsp3) is 0.125. The van der Waals surface area contributed by atoms with E-state index in [1.54, 1.807) is 0 Å². The summed E-state index contributed by atoms with van der Waals surface area (Å²) in [6.07, 6.45) is 1.31. The van der Waals surface area contributed by atoms with Gasteiger partial charge in [-0.1, -0.05) is 48.5 Å². The molecule has 0 aliphatic carbocycles. The second-order valence-electron chi connectivity index (χ2n) is 4.04. The van der Waals surface area contributed by atoms with Crippen molar-refractivity contribution in [2.45, 2.75) is 0 Å². The highest BCUT2D eigenvalue weighted by Gasteiger charge is 2.05. The minimum absolute atomic E-state index is 0.0962. The molecule has 0 unspecified atom stereocenters. The number of nitrogens with two attached hydrogens (primary N) is 1. The van der Waals surface area contributed by atoms with E-state index in [9.17, 15) is 4.39 Å². The Morgan fingerprint density at radius 1 is 1.05 bits per heavy atom. The summed E-state index contributed by atoms with van der Waals surface area (Å²) in [6, 6.07) is 17.4. The maximum atomic E-state index is 13.3. The molecule has 0 aromatic heterocycles. The van der Waals surface area contributed by atoms with E-state index in [4.69, 9.17) is 10.5 Å². The number of halogens is 1. The Hall–Kier alpha value is -2.13. The quantitative estimate of drug-likeness (QED) is 0.889. The summed E-state index contributed by atoms with van der Waals surface area (Å²) in [5.74, 6) is 0.305.